The van der Waals surface area contributed by atoms with Gasteiger partial charge in [0.25, 0.3) is 0 Å². The molecule has 0 aliphatic rings. The average molecular weight is 199 g/mol. The highest BCUT2D eigenvalue weighted by molar-refractivity contribution is 5.60. The van der Waals surface area contributed by atoms with Gasteiger partial charge >= 0.3 is 0 Å². The molecule has 0 spiro atoms. The Bertz CT molecular complexity index is 509. The Morgan fingerprint density at radius 3 is 3.07 bits per heavy atom. The van der Waals surface area contributed by atoms with Gasteiger partial charge in [-0.3, -0.25) is 0 Å². The minimum absolute atomic E-state index is 0.204. The Labute approximate surface area is 86.8 Å². The number of rotatable bonds is 2. The minimum atomic E-state index is 0.204. The van der Waals surface area contributed by atoms with Crippen LogP contribution in [-0.2, 0) is 6.54 Å². The molecule has 2 N–H and O–H groups in total. The van der Waals surface area contributed by atoms with Crippen LogP contribution in [0, 0.1) is 11.3 Å². The molecule has 15 heavy (non-hydrogen) atoms. The van der Waals surface area contributed by atoms with E-state index >= 15 is 0 Å². The molecule has 1 aromatic heterocycles. The first-order chi connectivity index (χ1) is 7.29. The van der Waals surface area contributed by atoms with Gasteiger partial charge < -0.3 is 5.73 Å². The van der Waals surface area contributed by atoms with Gasteiger partial charge in [-0.2, -0.15) is 5.26 Å². The van der Waals surface area contributed by atoms with Crippen molar-refractivity contribution >= 4 is 5.69 Å². The van der Waals surface area contributed by atoms with Crippen LogP contribution in [0.2, 0.25) is 0 Å². The highest BCUT2D eigenvalue weighted by Gasteiger charge is 2.03. The number of nitrogens with two attached hydrogens (primary N) is 1. The standard InChI is InChI=1S/C10H9N5/c11-4-5-15-7-13-10(14-15)8-2-1-3-9(12)6-8/h1-3,6-7H,5,12H2. The number of hydrogen-bond acceptors (Lipinski definition) is 4. The van der Waals surface area contributed by atoms with Crippen LogP contribution in [0.15, 0.2) is 30.6 Å². The molecule has 5 heteroatoms. The van der Waals surface area contributed by atoms with Crippen molar-refractivity contribution in [1.29, 1.82) is 5.26 Å². The fourth-order valence-corrected chi connectivity index (χ4v) is 1.25. The van der Waals surface area contributed by atoms with E-state index in [0.29, 0.717) is 11.5 Å². The molecule has 0 saturated carbocycles. The van der Waals surface area contributed by atoms with E-state index in [-0.39, 0.29) is 6.54 Å². The molecule has 74 valence electrons. The first-order valence-corrected chi connectivity index (χ1v) is 4.42. The van der Waals surface area contributed by atoms with Crippen LogP contribution in [0.1, 0.15) is 0 Å². The van der Waals surface area contributed by atoms with Gasteiger partial charge in [-0.25, -0.2) is 9.67 Å². The first kappa shape index (κ1) is 9.21. The normalized spacial score (nSPS) is 9.80. The van der Waals surface area contributed by atoms with Crippen LogP contribution in [0.4, 0.5) is 5.69 Å². The zero-order valence-electron chi connectivity index (χ0n) is 7.96. The van der Waals surface area contributed by atoms with E-state index < -0.39 is 0 Å². The lowest BCUT2D eigenvalue weighted by molar-refractivity contribution is 0.710. The number of benzene rings is 1. The van der Waals surface area contributed by atoms with Crippen molar-refractivity contribution in [1.82, 2.24) is 14.8 Å². The van der Waals surface area contributed by atoms with E-state index in [1.165, 1.54) is 11.0 Å². The van der Waals surface area contributed by atoms with Gasteiger partial charge in [0.2, 0.25) is 0 Å². The molecule has 0 radical (unpaired) electrons. The van der Waals surface area contributed by atoms with Crippen molar-refractivity contribution in [3.05, 3.63) is 30.6 Å². The summed E-state index contributed by atoms with van der Waals surface area (Å²) in [6.45, 7) is 0.204. The van der Waals surface area contributed by atoms with E-state index in [4.69, 9.17) is 11.0 Å². The number of nitrogens with zero attached hydrogens (tertiary/aromatic N) is 4. The summed E-state index contributed by atoms with van der Waals surface area (Å²) in [6, 6.07) is 9.32. The third-order valence-electron chi connectivity index (χ3n) is 1.91. The van der Waals surface area contributed by atoms with Crippen molar-refractivity contribution < 1.29 is 0 Å². The SMILES string of the molecule is N#CCn1cnc(-c2cccc(N)c2)n1. The largest absolute Gasteiger partial charge is 0.399 e. The summed E-state index contributed by atoms with van der Waals surface area (Å²) in [5, 5.41) is 12.6. The molecule has 0 aliphatic carbocycles. The van der Waals surface area contributed by atoms with Gasteiger partial charge in [-0.05, 0) is 12.1 Å². The van der Waals surface area contributed by atoms with Crippen molar-refractivity contribution in [2.45, 2.75) is 6.54 Å². The Kier molecular flexibility index (Phi) is 2.33. The average Bonchev–Trinajstić information content (AvgIpc) is 2.67. The number of hydrogen-bond donors (Lipinski definition) is 1. The molecule has 0 aliphatic heterocycles. The van der Waals surface area contributed by atoms with Crippen LogP contribution >= 0.6 is 0 Å². The second-order valence-electron chi connectivity index (χ2n) is 3.05. The summed E-state index contributed by atoms with van der Waals surface area (Å²) in [4.78, 5) is 4.09. The van der Waals surface area contributed by atoms with Gasteiger partial charge in [0.05, 0.1) is 6.07 Å². The summed E-state index contributed by atoms with van der Waals surface area (Å²) in [7, 11) is 0. The van der Waals surface area contributed by atoms with Crippen LogP contribution in [0.5, 0.6) is 0 Å². The molecule has 1 aromatic carbocycles. The lowest BCUT2D eigenvalue weighted by Crippen LogP contribution is -1.95. The zero-order valence-corrected chi connectivity index (χ0v) is 7.96. The molecule has 2 rings (SSSR count). The fourth-order valence-electron chi connectivity index (χ4n) is 1.25. The third kappa shape index (κ3) is 1.94. The second-order valence-corrected chi connectivity index (χ2v) is 3.05. The molecule has 0 unspecified atom stereocenters. The monoisotopic (exact) mass is 199 g/mol. The second kappa shape index (κ2) is 3.80. The van der Waals surface area contributed by atoms with Crippen molar-refractivity contribution in [2.75, 3.05) is 5.73 Å². The molecule has 0 fully saturated rings. The van der Waals surface area contributed by atoms with Gasteiger partial charge in [0.15, 0.2) is 5.82 Å². The smallest absolute Gasteiger partial charge is 0.181 e. The molecule has 0 bridgehead atoms. The number of nitriles is 1. The molecule has 0 amide bonds. The lowest BCUT2D eigenvalue weighted by Gasteiger charge is -1.96. The summed E-state index contributed by atoms with van der Waals surface area (Å²) in [5.41, 5.74) is 7.17. The van der Waals surface area contributed by atoms with Crippen LogP contribution in [-0.4, -0.2) is 14.8 Å². The predicted octanol–water partition coefficient (Wildman–Crippen LogP) is 1.05. The number of anilines is 1. The first-order valence-electron chi connectivity index (χ1n) is 4.42. The van der Waals surface area contributed by atoms with Crippen LogP contribution in [0.25, 0.3) is 11.4 Å². The van der Waals surface area contributed by atoms with E-state index in [1.807, 2.05) is 18.2 Å². The third-order valence-corrected chi connectivity index (χ3v) is 1.91. The van der Waals surface area contributed by atoms with Crippen LogP contribution < -0.4 is 5.73 Å². The molecular weight excluding hydrogens is 190 g/mol. The maximum absolute atomic E-state index is 8.49. The summed E-state index contributed by atoms with van der Waals surface area (Å²) < 4.78 is 1.48. The van der Waals surface area contributed by atoms with Crippen molar-refractivity contribution in [3.63, 3.8) is 0 Å². The van der Waals surface area contributed by atoms with Gasteiger partial charge in [0, 0.05) is 11.3 Å². The van der Waals surface area contributed by atoms with E-state index in [1.54, 1.807) is 12.1 Å². The molecule has 0 atom stereocenters. The van der Waals surface area contributed by atoms with Crippen LogP contribution in [0.3, 0.4) is 0 Å². The maximum Gasteiger partial charge on any atom is 0.181 e. The Morgan fingerprint density at radius 1 is 1.47 bits per heavy atom. The Balaban J connectivity index is 2.34. The number of nitrogen functional groups attached to an aromatic ring is 1. The Hall–Kier alpha value is -2.35. The summed E-state index contributed by atoms with van der Waals surface area (Å²) >= 11 is 0. The Morgan fingerprint density at radius 2 is 2.33 bits per heavy atom. The summed E-state index contributed by atoms with van der Waals surface area (Å²) in [5.74, 6) is 0.581. The van der Waals surface area contributed by atoms with Gasteiger partial charge in [-0.15, -0.1) is 5.10 Å². The molecular formula is C10H9N5. The highest BCUT2D eigenvalue weighted by Crippen LogP contribution is 2.16. The molecule has 5 nitrogen and oxygen atoms in total. The molecule has 0 saturated heterocycles. The quantitative estimate of drug-likeness (QED) is 0.733. The maximum atomic E-state index is 8.49. The van der Waals surface area contributed by atoms with E-state index in [2.05, 4.69) is 10.1 Å². The van der Waals surface area contributed by atoms with Gasteiger partial charge in [-0.1, -0.05) is 12.1 Å². The van der Waals surface area contributed by atoms with Crippen molar-refractivity contribution in [3.8, 4) is 17.5 Å². The fraction of sp³-hybridized carbons (Fsp3) is 0.100. The zero-order chi connectivity index (χ0) is 10.7. The number of aromatic nitrogens is 3. The molecule has 2 aromatic rings. The predicted molar refractivity (Wildman–Crippen MR) is 55.5 cm³/mol. The highest BCUT2D eigenvalue weighted by atomic mass is 15.3. The van der Waals surface area contributed by atoms with Gasteiger partial charge in [0.1, 0.15) is 12.9 Å². The minimum Gasteiger partial charge on any atom is -0.399 e. The van der Waals surface area contributed by atoms with E-state index in [9.17, 15) is 0 Å². The molecule has 1 heterocycles. The topological polar surface area (TPSA) is 80.5 Å². The van der Waals surface area contributed by atoms with E-state index in [0.717, 1.165) is 5.56 Å². The summed E-state index contributed by atoms with van der Waals surface area (Å²) in [6.07, 6.45) is 1.53. The lowest BCUT2D eigenvalue weighted by atomic mass is 10.2. The van der Waals surface area contributed by atoms with Crippen molar-refractivity contribution in [2.24, 2.45) is 0 Å².